The van der Waals surface area contributed by atoms with E-state index in [-0.39, 0.29) is 12.0 Å². The minimum atomic E-state index is -0.275. The van der Waals surface area contributed by atoms with Gasteiger partial charge in [-0.2, -0.15) is 0 Å². The van der Waals surface area contributed by atoms with Gasteiger partial charge in [-0.1, -0.05) is 25.1 Å². The second-order valence-electron chi connectivity index (χ2n) is 5.07. The molecular weight excluding hydrogens is 198 g/mol. The fourth-order valence-corrected chi connectivity index (χ4v) is 2.61. The van der Waals surface area contributed by atoms with Crippen LogP contribution in [0, 0.1) is 0 Å². The predicted octanol–water partition coefficient (Wildman–Crippen LogP) is 1.77. The molecule has 0 heterocycles. The second-order valence-corrected chi connectivity index (χ2v) is 5.07. The van der Waals surface area contributed by atoms with Crippen LogP contribution in [0.15, 0.2) is 18.2 Å². The largest absolute Gasteiger partial charge is 0.395 e. The summed E-state index contributed by atoms with van der Waals surface area (Å²) in [5, 5.41) is 9.56. The Kier molecular flexibility index (Phi) is 3.31. The zero-order chi connectivity index (χ0) is 11.6. The van der Waals surface area contributed by atoms with Crippen molar-refractivity contribution >= 4 is 0 Å². The fourth-order valence-electron chi connectivity index (χ4n) is 2.61. The zero-order valence-corrected chi connectivity index (χ0v) is 10.00. The van der Waals surface area contributed by atoms with Gasteiger partial charge in [-0.15, -0.1) is 0 Å². The van der Waals surface area contributed by atoms with E-state index in [1.54, 1.807) is 0 Å². The molecule has 1 aliphatic rings. The molecule has 0 aliphatic heterocycles. The summed E-state index contributed by atoms with van der Waals surface area (Å²) in [5.74, 6) is 0. The highest BCUT2D eigenvalue weighted by molar-refractivity contribution is 5.41. The monoisotopic (exact) mass is 219 g/mol. The van der Waals surface area contributed by atoms with Gasteiger partial charge in [0.05, 0.1) is 6.61 Å². The summed E-state index contributed by atoms with van der Waals surface area (Å²) < 4.78 is 0. The van der Waals surface area contributed by atoms with Crippen LogP contribution in [0.2, 0.25) is 0 Å². The Hall–Kier alpha value is -0.860. The maximum atomic E-state index is 9.56. The first kappa shape index (κ1) is 11.6. The number of aliphatic hydroxyl groups excluding tert-OH is 1. The van der Waals surface area contributed by atoms with Crippen LogP contribution in [0.1, 0.15) is 36.5 Å². The first-order valence-corrected chi connectivity index (χ1v) is 6.13. The van der Waals surface area contributed by atoms with Crippen molar-refractivity contribution in [2.45, 2.75) is 38.0 Å². The summed E-state index contributed by atoms with van der Waals surface area (Å²) in [7, 11) is 0. The highest BCUT2D eigenvalue weighted by Gasteiger charge is 2.28. The average molecular weight is 219 g/mol. The molecule has 88 valence electrons. The van der Waals surface area contributed by atoms with Gasteiger partial charge in [-0.25, -0.2) is 0 Å². The topological polar surface area (TPSA) is 46.2 Å². The highest BCUT2D eigenvalue weighted by Crippen LogP contribution is 2.32. The molecule has 1 unspecified atom stereocenters. The summed E-state index contributed by atoms with van der Waals surface area (Å²) in [6.45, 7) is 2.68. The van der Waals surface area contributed by atoms with E-state index >= 15 is 0 Å². The predicted molar refractivity (Wildman–Crippen MR) is 66.6 cm³/mol. The molecule has 0 amide bonds. The van der Waals surface area contributed by atoms with Gasteiger partial charge >= 0.3 is 0 Å². The molecule has 0 saturated carbocycles. The van der Waals surface area contributed by atoms with Gasteiger partial charge in [-0.05, 0) is 42.4 Å². The Morgan fingerprint density at radius 2 is 2.06 bits per heavy atom. The number of benzene rings is 1. The van der Waals surface area contributed by atoms with Crippen LogP contribution < -0.4 is 5.73 Å². The lowest BCUT2D eigenvalue weighted by atomic mass is 9.76. The molecule has 0 spiro atoms. The quantitative estimate of drug-likeness (QED) is 0.814. The minimum Gasteiger partial charge on any atom is -0.395 e. The van der Waals surface area contributed by atoms with E-state index < -0.39 is 0 Å². The van der Waals surface area contributed by atoms with Gasteiger partial charge in [0.15, 0.2) is 0 Å². The standard InChI is InChI=1S/C14H21NO/c1-14(9-15,10-16)13-8-4-6-11-5-2-3-7-12(11)13/h4,6,8,16H,2-3,5,7,9-10,15H2,1H3. The Morgan fingerprint density at radius 3 is 2.75 bits per heavy atom. The Bertz CT molecular complexity index is 369. The van der Waals surface area contributed by atoms with Gasteiger partial charge in [-0.3, -0.25) is 0 Å². The normalized spacial score (nSPS) is 18.9. The summed E-state index contributed by atoms with van der Waals surface area (Å²) in [5.41, 5.74) is 9.70. The van der Waals surface area contributed by atoms with Crippen molar-refractivity contribution in [1.82, 2.24) is 0 Å². The van der Waals surface area contributed by atoms with E-state index in [9.17, 15) is 5.11 Å². The molecule has 0 radical (unpaired) electrons. The highest BCUT2D eigenvalue weighted by atomic mass is 16.3. The number of aryl methyl sites for hydroxylation is 1. The molecule has 0 bridgehead atoms. The summed E-state index contributed by atoms with van der Waals surface area (Å²) in [6.07, 6.45) is 4.86. The molecular formula is C14H21NO. The fraction of sp³-hybridized carbons (Fsp3) is 0.571. The number of hydrogen-bond acceptors (Lipinski definition) is 2. The van der Waals surface area contributed by atoms with Crippen LogP contribution in [-0.2, 0) is 18.3 Å². The molecule has 2 heteroatoms. The molecule has 0 saturated heterocycles. The number of hydrogen-bond donors (Lipinski definition) is 2. The van der Waals surface area contributed by atoms with Gasteiger partial charge in [0.2, 0.25) is 0 Å². The Morgan fingerprint density at radius 1 is 1.31 bits per heavy atom. The number of aliphatic hydroxyl groups is 1. The maximum Gasteiger partial charge on any atom is 0.0537 e. The van der Waals surface area contributed by atoms with Crippen molar-refractivity contribution in [3.8, 4) is 0 Å². The molecule has 1 aromatic carbocycles. The first-order valence-electron chi connectivity index (χ1n) is 6.13. The second kappa shape index (κ2) is 4.56. The van der Waals surface area contributed by atoms with E-state index in [0.29, 0.717) is 6.54 Å². The molecule has 1 aromatic rings. The molecule has 0 fully saturated rings. The third kappa shape index (κ3) is 1.87. The zero-order valence-electron chi connectivity index (χ0n) is 10.00. The van der Waals surface area contributed by atoms with Gasteiger partial charge < -0.3 is 10.8 Å². The first-order chi connectivity index (χ1) is 7.71. The average Bonchev–Trinajstić information content (AvgIpc) is 2.37. The summed E-state index contributed by atoms with van der Waals surface area (Å²) in [4.78, 5) is 0. The van der Waals surface area contributed by atoms with E-state index in [0.717, 1.165) is 6.42 Å². The minimum absolute atomic E-state index is 0.125. The van der Waals surface area contributed by atoms with E-state index in [4.69, 9.17) is 5.73 Å². The van der Waals surface area contributed by atoms with Gasteiger partial charge in [0.1, 0.15) is 0 Å². The summed E-state index contributed by atoms with van der Waals surface area (Å²) in [6, 6.07) is 6.45. The van der Waals surface area contributed by atoms with Crippen LogP contribution >= 0.6 is 0 Å². The third-order valence-corrected chi connectivity index (χ3v) is 3.85. The van der Waals surface area contributed by atoms with Crippen molar-refractivity contribution in [3.63, 3.8) is 0 Å². The lowest BCUT2D eigenvalue weighted by Gasteiger charge is -2.31. The molecule has 1 aliphatic carbocycles. The lowest BCUT2D eigenvalue weighted by Crippen LogP contribution is -2.37. The van der Waals surface area contributed by atoms with Crippen LogP contribution in [0.5, 0.6) is 0 Å². The number of fused-ring (bicyclic) bond motifs is 1. The smallest absolute Gasteiger partial charge is 0.0537 e. The van der Waals surface area contributed by atoms with Crippen LogP contribution in [-0.4, -0.2) is 18.3 Å². The van der Waals surface area contributed by atoms with E-state index in [2.05, 4.69) is 25.1 Å². The molecule has 0 aromatic heterocycles. The number of nitrogens with two attached hydrogens (primary N) is 1. The molecule has 16 heavy (non-hydrogen) atoms. The Labute approximate surface area is 97.5 Å². The van der Waals surface area contributed by atoms with Crippen LogP contribution in [0.4, 0.5) is 0 Å². The van der Waals surface area contributed by atoms with Crippen LogP contribution in [0.25, 0.3) is 0 Å². The SMILES string of the molecule is CC(CN)(CO)c1cccc2c1CCCC2. The molecule has 2 nitrogen and oxygen atoms in total. The lowest BCUT2D eigenvalue weighted by molar-refractivity contribution is 0.209. The van der Waals surface area contributed by atoms with Crippen molar-refractivity contribution in [1.29, 1.82) is 0 Å². The van der Waals surface area contributed by atoms with Crippen molar-refractivity contribution in [2.24, 2.45) is 5.73 Å². The third-order valence-electron chi connectivity index (χ3n) is 3.85. The van der Waals surface area contributed by atoms with Crippen molar-refractivity contribution < 1.29 is 5.11 Å². The van der Waals surface area contributed by atoms with Gasteiger partial charge in [0.25, 0.3) is 0 Å². The van der Waals surface area contributed by atoms with E-state index in [1.807, 2.05) is 0 Å². The molecule has 1 atom stereocenters. The van der Waals surface area contributed by atoms with E-state index in [1.165, 1.54) is 36.0 Å². The molecule has 2 rings (SSSR count). The van der Waals surface area contributed by atoms with Crippen LogP contribution in [0.3, 0.4) is 0 Å². The summed E-state index contributed by atoms with van der Waals surface area (Å²) >= 11 is 0. The maximum absolute atomic E-state index is 9.56. The van der Waals surface area contributed by atoms with Gasteiger partial charge in [0, 0.05) is 12.0 Å². The van der Waals surface area contributed by atoms with Crippen molar-refractivity contribution in [2.75, 3.05) is 13.2 Å². The molecule has 3 N–H and O–H groups in total. The van der Waals surface area contributed by atoms with Crippen molar-refractivity contribution in [3.05, 3.63) is 34.9 Å². The number of rotatable bonds is 3. The Balaban J connectivity index is 2.48.